The van der Waals surface area contributed by atoms with Crippen LogP contribution < -0.4 is 5.73 Å². The molecule has 0 aromatic rings. The van der Waals surface area contributed by atoms with Gasteiger partial charge in [-0.2, -0.15) is 0 Å². The van der Waals surface area contributed by atoms with Gasteiger partial charge in [0, 0.05) is 37.3 Å². The molecule has 0 spiro atoms. The van der Waals surface area contributed by atoms with E-state index in [9.17, 15) is 0 Å². The Balaban J connectivity index is 1.75. The molecule has 0 aromatic heterocycles. The highest BCUT2D eigenvalue weighted by atomic mass is 15.3. The van der Waals surface area contributed by atoms with Gasteiger partial charge in [0.1, 0.15) is 0 Å². The molecule has 1 saturated carbocycles. The maximum atomic E-state index is 6.11. The van der Waals surface area contributed by atoms with Crippen LogP contribution in [0.4, 0.5) is 0 Å². The zero-order chi connectivity index (χ0) is 12.0. The van der Waals surface area contributed by atoms with Crippen molar-refractivity contribution in [2.24, 2.45) is 11.7 Å². The molecule has 2 saturated heterocycles. The fourth-order valence-electron chi connectivity index (χ4n) is 4.03. The summed E-state index contributed by atoms with van der Waals surface area (Å²) >= 11 is 0. The zero-order valence-corrected chi connectivity index (χ0v) is 11.4. The van der Waals surface area contributed by atoms with Crippen molar-refractivity contribution in [3.63, 3.8) is 0 Å². The summed E-state index contributed by atoms with van der Waals surface area (Å²) in [7, 11) is 2.32. The first-order valence-corrected chi connectivity index (χ1v) is 7.32. The van der Waals surface area contributed by atoms with Crippen molar-refractivity contribution in [3.05, 3.63) is 0 Å². The lowest BCUT2D eigenvalue weighted by Crippen LogP contribution is -2.55. The second-order valence-corrected chi connectivity index (χ2v) is 6.62. The molecule has 3 rings (SSSR count). The van der Waals surface area contributed by atoms with Gasteiger partial charge in [0.25, 0.3) is 0 Å². The minimum Gasteiger partial charge on any atom is -0.329 e. The van der Waals surface area contributed by atoms with E-state index < -0.39 is 0 Å². The Hall–Kier alpha value is -0.120. The fraction of sp³-hybridized carbons (Fsp3) is 1.00. The maximum absolute atomic E-state index is 6.11. The van der Waals surface area contributed by atoms with Crippen LogP contribution in [0.15, 0.2) is 0 Å². The zero-order valence-electron chi connectivity index (χ0n) is 11.4. The number of fused-ring (bicyclic) bond motifs is 2. The molecule has 2 heterocycles. The number of nitrogens with two attached hydrogens (primary N) is 1. The van der Waals surface area contributed by atoms with Gasteiger partial charge in [-0.15, -0.1) is 0 Å². The van der Waals surface area contributed by atoms with Gasteiger partial charge in [-0.05, 0) is 52.0 Å². The molecule has 98 valence electrons. The standard InChI is InChI=1S/C14H27N3/c1-14(10-15,11-3-4-11)17-8-7-12-5-6-13(9-17)16(12)2/h11-13H,3-10,15H2,1-2H3. The molecule has 2 N–H and O–H groups in total. The molecule has 3 unspecified atom stereocenters. The number of hydrogen-bond acceptors (Lipinski definition) is 3. The lowest BCUT2D eigenvalue weighted by molar-refractivity contribution is 0.0783. The van der Waals surface area contributed by atoms with Gasteiger partial charge in [-0.3, -0.25) is 9.80 Å². The Kier molecular flexibility index (Phi) is 2.96. The Labute approximate surface area is 105 Å². The van der Waals surface area contributed by atoms with Crippen LogP contribution in [0.5, 0.6) is 0 Å². The van der Waals surface area contributed by atoms with Gasteiger partial charge in [0.15, 0.2) is 0 Å². The summed E-state index contributed by atoms with van der Waals surface area (Å²) in [4.78, 5) is 5.36. The second-order valence-electron chi connectivity index (χ2n) is 6.62. The highest BCUT2D eigenvalue weighted by Crippen LogP contribution is 2.44. The average molecular weight is 237 g/mol. The largest absolute Gasteiger partial charge is 0.329 e. The van der Waals surface area contributed by atoms with Gasteiger partial charge >= 0.3 is 0 Å². The van der Waals surface area contributed by atoms with Crippen molar-refractivity contribution in [1.29, 1.82) is 0 Å². The van der Waals surface area contributed by atoms with E-state index in [0.29, 0.717) is 0 Å². The van der Waals surface area contributed by atoms with Crippen LogP contribution in [0.25, 0.3) is 0 Å². The molecule has 0 radical (unpaired) electrons. The second kappa shape index (κ2) is 4.22. The molecule has 1 aliphatic carbocycles. The minimum atomic E-state index is 0.283. The SMILES string of the molecule is CN1C2CCC1CN(C(C)(CN)C1CC1)CC2. The van der Waals surface area contributed by atoms with Crippen molar-refractivity contribution < 1.29 is 0 Å². The molecule has 0 aromatic carbocycles. The minimum absolute atomic E-state index is 0.283. The number of likely N-dealkylation sites (N-methyl/N-ethyl adjacent to an activating group) is 1. The molecule has 3 nitrogen and oxygen atoms in total. The normalized spacial score (nSPS) is 39.0. The number of likely N-dealkylation sites (tertiary alicyclic amines) is 1. The van der Waals surface area contributed by atoms with E-state index in [1.807, 2.05) is 0 Å². The first kappa shape index (κ1) is 11.9. The van der Waals surface area contributed by atoms with Crippen LogP contribution in [0.3, 0.4) is 0 Å². The lowest BCUT2D eigenvalue weighted by Gasteiger charge is -2.42. The van der Waals surface area contributed by atoms with Gasteiger partial charge in [0.05, 0.1) is 0 Å². The third kappa shape index (κ3) is 1.92. The summed E-state index contributed by atoms with van der Waals surface area (Å²) in [6, 6.07) is 1.62. The van der Waals surface area contributed by atoms with Gasteiger partial charge < -0.3 is 5.73 Å². The molecule has 2 aliphatic heterocycles. The number of rotatable bonds is 3. The van der Waals surface area contributed by atoms with Crippen LogP contribution in [0, 0.1) is 5.92 Å². The average Bonchev–Trinajstić information content (AvgIpc) is 3.08. The van der Waals surface area contributed by atoms with Crippen molar-refractivity contribution >= 4 is 0 Å². The Morgan fingerprint density at radius 1 is 1.12 bits per heavy atom. The first-order valence-electron chi connectivity index (χ1n) is 7.32. The van der Waals surface area contributed by atoms with E-state index >= 15 is 0 Å². The highest BCUT2D eigenvalue weighted by molar-refractivity contribution is 5.03. The topological polar surface area (TPSA) is 32.5 Å². The molecule has 17 heavy (non-hydrogen) atoms. The quantitative estimate of drug-likeness (QED) is 0.802. The van der Waals surface area contributed by atoms with Gasteiger partial charge in [-0.25, -0.2) is 0 Å². The molecule has 2 bridgehead atoms. The molecule has 0 amide bonds. The van der Waals surface area contributed by atoms with Crippen molar-refractivity contribution in [3.8, 4) is 0 Å². The molecule has 3 atom stereocenters. The lowest BCUT2D eigenvalue weighted by atomic mass is 9.91. The fourth-order valence-corrected chi connectivity index (χ4v) is 4.03. The van der Waals surface area contributed by atoms with E-state index in [1.54, 1.807) is 0 Å². The van der Waals surface area contributed by atoms with Gasteiger partial charge in [0.2, 0.25) is 0 Å². The van der Waals surface area contributed by atoms with Crippen LogP contribution >= 0.6 is 0 Å². The van der Waals surface area contributed by atoms with E-state index in [-0.39, 0.29) is 5.54 Å². The van der Waals surface area contributed by atoms with Crippen LogP contribution in [0.2, 0.25) is 0 Å². The Bertz CT molecular complexity index is 289. The van der Waals surface area contributed by atoms with Gasteiger partial charge in [-0.1, -0.05) is 0 Å². The van der Waals surface area contributed by atoms with Crippen LogP contribution in [-0.4, -0.2) is 54.1 Å². The summed E-state index contributed by atoms with van der Waals surface area (Å²) in [6.45, 7) is 5.75. The Morgan fingerprint density at radius 3 is 2.47 bits per heavy atom. The molecular weight excluding hydrogens is 210 g/mol. The highest BCUT2D eigenvalue weighted by Gasteiger charge is 2.47. The summed E-state index contributed by atoms with van der Waals surface area (Å²) in [5, 5.41) is 0. The first-order chi connectivity index (χ1) is 8.15. The van der Waals surface area contributed by atoms with Crippen LogP contribution in [-0.2, 0) is 0 Å². The predicted molar refractivity (Wildman–Crippen MR) is 70.9 cm³/mol. The number of nitrogens with zero attached hydrogens (tertiary/aromatic N) is 2. The van der Waals surface area contributed by atoms with E-state index in [4.69, 9.17) is 5.73 Å². The number of hydrogen-bond donors (Lipinski definition) is 1. The third-order valence-corrected chi connectivity index (χ3v) is 5.74. The predicted octanol–water partition coefficient (Wildman–Crippen LogP) is 1.28. The summed E-state index contributed by atoms with van der Waals surface area (Å²) in [6.07, 6.45) is 6.94. The van der Waals surface area contributed by atoms with Crippen LogP contribution in [0.1, 0.15) is 39.0 Å². The summed E-state index contributed by atoms with van der Waals surface area (Å²) in [5.41, 5.74) is 6.39. The van der Waals surface area contributed by atoms with Crippen molar-refractivity contribution in [2.45, 2.75) is 56.7 Å². The van der Waals surface area contributed by atoms with E-state index in [1.165, 1.54) is 45.2 Å². The van der Waals surface area contributed by atoms with Crippen molar-refractivity contribution in [1.82, 2.24) is 9.80 Å². The molecule has 3 heteroatoms. The maximum Gasteiger partial charge on any atom is 0.0332 e. The van der Waals surface area contributed by atoms with Crippen molar-refractivity contribution in [2.75, 3.05) is 26.7 Å². The smallest absolute Gasteiger partial charge is 0.0332 e. The molecule has 3 aliphatic rings. The van der Waals surface area contributed by atoms with E-state index in [0.717, 1.165) is 24.5 Å². The monoisotopic (exact) mass is 237 g/mol. The summed E-state index contributed by atoms with van der Waals surface area (Å²) in [5.74, 6) is 0.870. The molecular formula is C14H27N3. The van der Waals surface area contributed by atoms with E-state index in [2.05, 4.69) is 23.8 Å². The summed E-state index contributed by atoms with van der Waals surface area (Å²) < 4.78 is 0. The third-order valence-electron chi connectivity index (χ3n) is 5.74. The Morgan fingerprint density at radius 2 is 1.82 bits per heavy atom. The molecule has 3 fully saturated rings.